The van der Waals surface area contributed by atoms with Gasteiger partial charge in [0.05, 0.1) is 6.10 Å². The Morgan fingerprint density at radius 2 is 1.40 bits per heavy atom. The van der Waals surface area contributed by atoms with E-state index in [-0.39, 0.29) is 11.1 Å². The van der Waals surface area contributed by atoms with Crippen LogP contribution in [-0.2, 0) is 4.43 Å². The van der Waals surface area contributed by atoms with Gasteiger partial charge in [0.15, 0.2) is 0 Å². The fraction of sp³-hybridized carbons (Fsp3) is 0.455. The fourth-order valence-electron chi connectivity index (χ4n) is 4.08. The van der Waals surface area contributed by atoms with Gasteiger partial charge in [-0.15, -0.1) is 0 Å². The molecule has 1 aliphatic rings. The first-order chi connectivity index (χ1) is 11.9. The molecule has 0 unspecified atom stereocenters. The van der Waals surface area contributed by atoms with Crippen LogP contribution in [0, 0.1) is 5.92 Å². The second-order valence-corrected chi connectivity index (χ2v) is 12.6. The van der Waals surface area contributed by atoms with Crippen LogP contribution >= 0.6 is 0 Å². The largest absolute Gasteiger partial charge is 0.407 e. The van der Waals surface area contributed by atoms with Crippen molar-refractivity contribution < 1.29 is 9.53 Å². The maximum Gasteiger partial charge on any atom is 0.261 e. The summed E-state index contributed by atoms with van der Waals surface area (Å²) in [4.78, 5) is 0. The fourth-order valence-corrected chi connectivity index (χ4v) is 8.66. The van der Waals surface area contributed by atoms with Gasteiger partial charge in [-0.2, -0.15) is 0 Å². The summed E-state index contributed by atoms with van der Waals surface area (Å²) in [5.41, 5.74) is 0. The zero-order valence-electron chi connectivity index (χ0n) is 15.6. The Morgan fingerprint density at radius 3 is 1.80 bits per heavy atom. The minimum absolute atomic E-state index is 0.0365. The molecule has 0 amide bonds. The first kappa shape index (κ1) is 18.4. The number of aliphatic hydroxyl groups excluding tert-OH is 1. The average Bonchev–Trinajstić information content (AvgIpc) is 2.57. The van der Waals surface area contributed by atoms with Gasteiger partial charge >= 0.3 is 0 Å². The van der Waals surface area contributed by atoms with Crippen LogP contribution in [0.2, 0.25) is 5.04 Å². The Kier molecular flexibility index (Phi) is 5.47. The highest BCUT2D eigenvalue weighted by atomic mass is 28.4. The van der Waals surface area contributed by atoms with Crippen LogP contribution in [0.1, 0.15) is 40.0 Å². The Labute approximate surface area is 153 Å². The Morgan fingerprint density at radius 1 is 0.920 bits per heavy atom. The molecule has 0 radical (unpaired) electrons. The van der Waals surface area contributed by atoms with Crippen molar-refractivity contribution in [1.29, 1.82) is 0 Å². The van der Waals surface area contributed by atoms with Gasteiger partial charge in [0, 0.05) is 6.61 Å². The predicted molar refractivity (Wildman–Crippen MR) is 107 cm³/mol. The number of hydrogen-bond donors (Lipinski definition) is 1. The number of aliphatic hydroxyl groups is 1. The third-order valence-electron chi connectivity index (χ3n) is 5.47. The van der Waals surface area contributed by atoms with Crippen LogP contribution in [0.15, 0.2) is 60.7 Å². The van der Waals surface area contributed by atoms with Crippen LogP contribution in [0.5, 0.6) is 0 Å². The van der Waals surface area contributed by atoms with Gasteiger partial charge in [-0.3, -0.25) is 0 Å². The van der Waals surface area contributed by atoms with Crippen molar-refractivity contribution >= 4 is 18.7 Å². The van der Waals surface area contributed by atoms with Gasteiger partial charge in [-0.25, -0.2) is 0 Å². The lowest BCUT2D eigenvalue weighted by Crippen LogP contribution is -2.66. The Hall–Kier alpha value is -1.42. The summed E-state index contributed by atoms with van der Waals surface area (Å²) >= 11 is 0. The molecule has 0 saturated heterocycles. The highest BCUT2D eigenvalue weighted by Crippen LogP contribution is 2.37. The third kappa shape index (κ3) is 3.74. The molecule has 25 heavy (non-hydrogen) atoms. The summed E-state index contributed by atoms with van der Waals surface area (Å²) in [6.07, 6.45) is 2.83. The van der Waals surface area contributed by atoms with E-state index in [9.17, 15) is 5.11 Å². The molecular weight excluding hydrogens is 324 g/mol. The van der Waals surface area contributed by atoms with Crippen molar-refractivity contribution in [1.82, 2.24) is 0 Å². The molecular formula is C22H30O2Si. The molecule has 2 nitrogen and oxygen atoms in total. The standard InChI is InChI=1S/C22H30O2Si/c1-22(2,3)25(20-10-6-4-7-11-20,21-12-8-5-9-13-21)24-15-14-18-16-19(23)17-18/h4-13,18-19,23H,14-17H2,1-3H3/t18-,19+. The number of benzene rings is 2. The Bertz CT molecular complexity index is 618. The maximum absolute atomic E-state index is 9.53. The third-order valence-corrected chi connectivity index (χ3v) is 10.5. The second kappa shape index (κ2) is 7.44. The summed E-state index contributed by atoms with van der Waals surface area (Å²) in [6.45, 7) is 7.70. The van der Waals surface area contributed by atoms with Crippen molar-refractivity contribution in [3.8, 4) is 0 Å². The van der Waals surface area contributed by atoms with E-state index in [1.807, 2.05) is 0 Å². The molecule has 2 aromatic rings. The molecule has 2 aromatic carbocycles. The SMILES string of the molecule is CC(C)(C)[Si](OCC[C@H]1C[C@@H](O)C1)(c1ccccc1)c1ccccc1. The van der Waals surface area contributed by atoms with Crippen molar-refractivity contribution in [3.63, 3.8) is 0 Å². The van der Waals surface area contributed by atoms with E-state index in [2.05, 4.69) is 81.4 Å². The van der Waals surface area contributed by atoms with Crippen molar-refractivity contribution in [2.45, 2.75) is 51.2 Å². The van der Waals surface area contributed by atoms with Gasteiger partial charge in [0.1, 0.15) is 0 Å². The summed E-state index contributed by atoms with van der Waals surface area (Å²) in [5, 5.41) is 12.2. The lowest BCUT2D eigenvalue weighted by molar-refractivity contribution is 0.0325. The van der Waals surface area contributed by atoms with Gasteiger partial charge in [0.25, 0.3) is 8.32 Å². The summed E-state index contributed by atoms with van der Waals surface area (Å²) in [7, 11) is -2.38. The lowest BCUT2D eigenvalue weighted by Gasteiger charge is -2.43. The molecule has 0 spiro atoms. The monoisotopic (exact) mass is 354 g/mol. The lowest BCUT2D eigenvalue weighted by atomic mass is 9.80. The summed E-state index contributed by atoms with van der Waals surface area (Å²) < 4.78 is 6.87. The van der Waals surface area contributed by atoms with E-state index < -0.39 is 8.32 Å². The molecule has 0 aromatic heterocycles. The zero-order valence-corrected chi connectivity index (χ0v) is 16.6. The van der Waals surface area contributed by atoms with Crippen molar-refractivity contribution in [2.24, 2.45) is 5.92 Å². The van der Waals surface area contributed by atoms with Crippen LogP contribution in [0.4, 0.5) is 0 Å². The van der Waals surface area contributed by atoms with E-state index in [0.29, 0.717) is 5.92 Å². The molecule has 1 N–H and O–H groups in total. The molecule has 3 rings (SSSR count). The number of rotatable bonds is 6. The predicted octanol–water partition coefficient (Wildman–Crippen LogP) is 3.72. The summed E-state index contributed by atoms with van der Waals surface area (Å²) in [6, 6.07) is 21.6. The van der Waals surface area contributed by atoms with E-state index in [1.54, 1.807) is 0 Å². The van der Waals surface area contributed by atoms with Gasteiger partial charge in [0.2, 0.25) is 0 Å². The first-order valence-corrected chi connectivity index (χ1v) is 11.3. The average molecular weight is 355 g/mol. The minimum atomic E-state index is -2.38. The van der Waals surface area contributed by atoms with Crippen LogP contribution in [0.3, 0.4) is 0 Å². The van der Waals surface area contributed by atoms with Crippen LogP contribution < -0.4 is 10.4 Å². The molecule has 0 atom stereocenters. The van der Waals surface area contributed by atoms with Gasteiger partial charge in [-0.1, -0.05) is 81.4 Å². The highest BCUT2D eigenvalue weighted by molar-refractivity contribution is 6.99. The molecule has 3 heteroatoms. The van der Waals surface area contributed by atoms with Gasteiger partial charge < -0.3 is 9.53 Å². The van der Waals surface area contributed by atoms with E-state index in [0.717, 1.165) is 25.9 Å². The maximum atomic E-state index is 9.53. The molecule has 1 fully saturated rings. The molecule has 0 aliphatic heterocycles. The molecule has 1 saturated carbocycles. The number of hydrogen-bond acceptors (Lipinski definition) is 2. The van der Waals surface area contributed by atoms with E-state index in [4.69, 9.17) is 4.43 Å². The van der Waals surface area contributed by atoms with Crippen LogP contribution in [-0.4, -0.2) is 26.1 Å². The Balaban J connectivity index is 1.94. The van der Waals surface area contributed by atoms with Crippen molar-refractivity contribution in [2.75, 3.05) is 6.61 Å². The first-order valence-electron chi connectivity index (χ1n) is 9.36. The zero-order chi connectivity index (χ0) is 17.9. The molecule has 0 bridgehead atoms. The highest BCUT2D eigenvalue weighted by Gasteiger charge is 2.50. The van der Waals surface area contributed by atoms with Crippen LogP contribution in [0.25, 0.3) is 0 Å². The smallest absolute Gasteiger partial charge is 0.261 e. The molecule has 134 valence electrons. The second-order valence-electron chi connectivity index (χ2n) is 8.29. The van der Waals surface area contributed by atoms with Crippen molar-refractivity contribution in [3.05, 3.63) is 60.7 Å². The minimum Gasteiger partial charge on any atom is -0.407 e. The normalized spacial score (nSPS) is 21.0. The van der Waals surface area contributed by atoms with Gasteiger partial charge in [-0.05, 0) is 40.6 Å². The topological polar surface area (TPSA) is 29.5 Å². The summed E-state index contributed by atoms with van der Waals surface area (Å²) in [5.74, 6) is 0.619. The molecule has 1 aliphatic carbocycles. The quantitative estimate of drug-likeness (QED) is 0.801. The molecule has 0 heterocycles. The van der Waals surface area contributed by atoms with E-state index in [1.165, 1.54) is 10.4 Å². The van der Waals surface area contributed by atoms with E-state index >= 15 is 0 Å².